The Kier molecular flexibility index (Phi) is 6.48. The van der Waals surface area contributed by atoms with Crippen LogP contribution in [0.2, 0.25) is 0 Å². The van der Waals surface area contributed by atoms with Crippen LogP contribution in [0.4, 0.5) is 11.4 Å². The molecule has 3 aromatic rings. The number of likely N-dealkylation sites (N-methyl/N-ethyl adjacent to an activating group) is 1. The molecule has 0 fully saturated rings. The highest BCUT2D eigenvalue weighted by molar-refractivity contribution is 6.04. The number of H-pyrrole nitrogens is 1. The third-order valence-electron chi connectivity index (χ3n) is 4.42. The summed E-state index contributed by atoms with van der Waals surface area (Å²) in [4.78, 5) is 26.5. The van der Waals surface area contributed by atoms with Crippen LogP contribution in [0.25, 0.3) is 11.3 Å². The standard InChI is InChI=1S/C22H25N5O3/c1-14-8-9-16(11-18(14)24-21(28)13-27(2)3)23-22(29)20-12-19(25-26-20)15-6-5-7-17(10-15)30-4/h5-12H,13H2,1-4H3,(H,23,29)(H,24,28)(H,25,26). The van der Waals surface area contributed by atoms with E-state index in [1.54, 1.807) is 30.2 Å². The van der Waals surface area contributed by atoms with Gasteiger partial charge in [0.15, 0.2) is 0 Å². The Labute approximate surface area is 175 Å². The lowest BCUT2D eigenvalue weighted by Crippen LogP contribution is -2.27. The highest BCUT2D eigenvalue weighted by Crippen LogP contribution is 2.24. The van der Waals surface area contributed by atoms with Crippen molar-refractivity contribution in [2.24, 2.45) is 0 Å². The van der Waals surface area contributed by atoms with Gasteiger partial charge in [-0.05, 0) is 56.9 Å². The molecule has 0 aliphatic carbocycles. The highest BCUT2D eigenvalue weighted by atomic mass is 16.5. The van der Waals surface area contributed by atoms with Crippen molar-refractivity contribution in [2.75, 3.05) is 38.4 Å². The molecule has 30 heavy (non-hydrogen) atoms. The molecular weight excluding hydrogens is 382 g/mol. The third-order valence-corrected chi connectivity index (χ3v) is 4.42. The highest BCUT2D eigenvalue weighted by Gasteiger charge is 2.13. The van der Waals surface area contributed by atoms with Crippen LogP contribution in [0.3, 0.4) is 0 Å². The van der Waals surface area contributed by atoms with Crippen molar-refractivity contribution >= 4 is 23.2 Å². The fourth-order valence-electron chi connectivity index (χ4n) is 2.88. The predicted molar refractivity (Wildman–Crippen MR) is 117 cm³/mol. The minimum atomic E-state index is -0.328. The van der Waals surface area contributed by atoms with Gasteiger partial charge in [0.05, 0.1) is 19.3 Å². The topological polar surface area (TPSA) is 99.4 Å². The van der Waals surface area contributed by atoms with Gasteiger partial charge in [-0.15, -0.1) is 0 Å². The predicted octanol–water partition coefficient (Wildman–Crippen LogP) is 3.15. The molecule has 0 spiro atoms. The average molecular weight is 407 g/mol. The molecule has 3 rings (SSSR count). The normalized spacial score (nSPS) is 10.7. The number of hydrogen-bond acceptors (Lipinski definition) is 5. The number of methoxy groups -OCH3 is 1. The molecule has 2 amide bonds. The van der Waals surface area contributed by atoms with Gasteiger partial charge in [0.2, 0.25) is 5.91 Å². The number of nitrogens with one attached hydrogen (secondary N) is 3. The Morgan fingerprint density at radius 1 is 1.10 bits per heavy atom. The first-order chi connectivity index (χ1) is 14.4. The lowest BCUT2D eigenvalue weighted by Gasteiger charge is -2.13. The number of carbonyl (C=O) groups excluding carboxylic acids is 2. The molecule has 8 heteroatoms. The molecule has 0 saturated heterocycles. The van der Waals surface area contributed by atoms with Crippen LogP contribution in [-0.4, -0.2) is 54.7 Å². The first-order valence-corrected chi connectivity index (χ1v) is 9.42. The lowest BCUT2D eigenvalue weighted by molar-refractivity contribution is -0.116. The van der Waals surface area contributed by atoms with Crippen molar-refractivity contribution in [3.05, 3.63) is 59.8 Å². The van der Waals surface area contributed by atoms with Crippen molar-refractivity contribution in [3.8, 4) is 17.0 Å². The maximum absolute atomic E-state index is 12.6. The zero-order valence-electron chi connectivity index (χ0n) is 17.4. The number of carbonyl (C=O) groups is 2. The maximum atomic E-state index is 12.6. The molecule has 3 N–H and O–H groups in total. The Morgan fingerprint density at radius 2 is 1.90 bits per heavy atom. The van der Waals surface area contributed by atoms with Gasteiger partial charge in [-0.1, -0.05) is 18.2 Å². The van der Waals surface area contributed by atoms with E-state index in [0.29, 0.717) is 28.5 Å². The SMILES string of the molecule is COc1cccc(-c2cc(C(=O)Nc3ccc(C)c(NC(=O)CN(C)C)c3)[nH]n2)c1. The van der Waals surface area contributed by atoms with Crippen LogP contribution >= 0.6 is 0 Å². The summed E-state index contributed by atoms with van der Waals surface area (Å²) in [5.41, 5.74) is 3.93. The Morgan fingerprint density at radius 3 is 2.63 bits per heavy atom. The van der Waals surface area contributed by atoms with Crippen molar-refractivity contribution in [1.29, 1.82) is 0 Å². The first kappa shape index (κ1) is 21.1. The van der Waals surface area contributed by atoms with Gasteiger partial charge in [-0.25, -0.2) is 0 Å². The molecule has 0 radical (unpaired) electrons. The van der Waals surface area contributed by atoms with Crippen LogP contribution in [0.15, 0.2) is 48.5 Å². The molecule has 0 bridgehead atoms. The van der Waals surface area contributed by atoms with E-state index < -0.39 is 0 Å². The minimum Gasteiger partial charge on any atom is -0.497 e. The number of aryl methyl sites for hydroxylation is 1. The minimum absolute atomic E-state index is 0.122. The molecule has 0 atom stereocenters. The van der Waals surface area contributed by atoms with E-state index in [9.17, 15) is 9.59 Å². The maximum Gasteiger partial charge on any atom is 0.273 e. The summed E-state index contributed by atoms with van der Waals surface area (Å²) < 4.78 is 5.23. The van der Waals surface area contributed by atoms with Crippen molar-refractivity contribution in [1.82, 2.24) is 15.1 Å². The monoisotopic (exact) mass is 407 g/mol. The van der Waals surface area contributed by atoms with E-state index in [1.165, 1.54) is 0 Å². The smallest absolute Gasteiger partial charge is 0.273 e. The summed E-state index contributed by atoms with van der Waals surface area (Å²) >= 11 is 0. The number of amides is 2. The van der Waals surface area contributed by atoms with E-state index in [4.69, 9.17) is 4.74 Å². The average Bonchev–Trinajstić information content (AvgIpc) is 3.20. The molecule has 1 heterocycles. The summed E-state index contributed by atoms with van der Waals surface area (Å²) in [6, 6.07) is 14.5. The zero-order chi connectivity index (χ0) is 21.7. The number of benzene rings is 2. The summed E-state index contributed by atoms with van der Waals surface area (Å²) in [6.07, 6.45) is 0. The van der Waals surface area contributed by atoms with Crippen LogP contribution in [0, 0.1) is 6.92 Å². The van der Waals surface area contributed by atoms with E-state index in [0.717, 1.165) is 11.1 Å². The number of hydrogen-bond donors (Lipinski definition) is 3. The quantitative estimate of drug-likeness (QED) is 0.559. The fraction of sp³-hybridized carbons (Fsp3) is 0.227. The number of anilines is 2. The number of aromatic amines is 1. The van der Waals surface area contributed by atoms with Crippen LogP contribution < -0.4 is 15.4 Å². The second-order valence-electron chi connectivity index (χ2n) is 7.17. The van der Waals surface area contributed by atoms with Gasteiger partial charge in [-0.3, -0.25) is 14.7 Å². The van der Waals surface area contributed by atoms with Gasteiger partial charge in [0.1, 0.15) is 11.4 Å². The second-order valence-corrected chi connectivity index (χ2v) is 7.17. The molecule has 0 aliphatic heterocycles. The summed E-state index contributed by atoms with van der Waals surface area (Å²) in [7, 11) is 5.25. The van der Waals surface area contributed by atoms with E-state index in [1.807, 2.05) is 51.4 Å². The van der Waals surface area contributed by atoms with Crippen molar-refractivity contribution < 1.29 is 14.3 Å². The molecule has 2 aromatic carbocycles. The number of rotatable bonds is 7. The van der Waals surface area contributed by atoms with Crippen LogP contribution in [0.1, 0.15) is 16.1 Å². The molecular formula is C22H25N5O3. The van der Waals surface area contributed by atoms with Crippen molar-refractivity contribution in [3.63, 3.8) is 0 Å². The van der Waals surface area contributed by atoms with Gasteiger partial charge >= 0.3 is 0 Å². The summed E-state index contributed by atoms with van der Waals surface area (Å²) in [6.45, 7) is 2.17. The summed E-state index contributed by atoms with van der Waals surface area (Å²) in [5.74, 6) is 0.263. The number of ether oxygens (including phenoxy) is 1. The Hall–Kier alpha value is -3.65. The number of nitrogens with zero attached hydrogens (tertiary/aromatic N) is 2. The third kappa shape index (κ3) is 5.24. The largest absolute Gasteiger partial charge is 0.497 e. The molecule has 8 nitrogen and oxygen atoms in total. The van der Waals surface area contributed by atoms with Crippen LogP contribution in [-0.2, 0) is 4.79 Å². The molecule has 1 aromatic heterocycles. The van der Waals surface area contributed by atoms with E-state index in [2.05, 4.69) is 20.8 Å². The summed E-state index contributed by atoms with van der Waals surface area (Å²) in [5, 5.41) is 12.7. The fourth-order valence-corrected chi connectivity index (χ4v) is 2.88. The molecule has 0 saturated carbocycles. The molecule has 0 aliphatic rings. The van der Waals surface area contributed by atoms with E-state index >= 15 is 0 Å². The molecule has 0 unspecified atom stereocenters. The first-order valence-electron chi connectivity index (χ1n) is 9.42. The Bertz CT molecular complexity index is 1060. The van der Waals surface area contributed by atoms with Gasteiger partial charge < -0.3 is 20.3 Å². The van der Waals surface area contributed by atoms with Gasteiger partial charge in [0.25, 0.3) is 5.91 Å². The van der Waals surface area contributed by atoms with Crippen molar-refractivity contribution in [2.45, 2.75) is 6.92 Å². The van der Waals surface area contributed by atoms with Gasteiger partial charge in [0, 0.05) is 16.9 Å². The second kappa shape index (κ2) is 9.23. The lowest BCUT2D eigenvalue weighted by atomic mass is 10.1. The molecule has 156 valence electrons. The number of aromatic nitrogens is 2. The van der Waals surface area contributed by atoms with Gasteiger partial charge in [-0.2, -0.15) is 5.10 Å². The Balaban J connectivity index is 1.72. The van der Waals surface area contributed by atoms with E-state index in [-0.39, 0.29) is 18.4 Å². The van der Waals surface area contributed by atoms with Crippen LogP contribution in [0.5, 0.6) is 5.75 Å². The zero-order valence-corrected chi connectivity index (χ0v) is 17.4.